The van der Waals surface area contributed by atoms with Crippen LogP contribution in [-0.2, 0) is 0 Å². The van der Waals surface area contributed by atoms with Crippen molar-refractivity contribution >= 4 is 28.9 Å². The van der Waals surface area contributed by atoms with Gasteiger partial charge in [-0.05, 0) is 80.3 Å². The number of fused-ring (bicyclic) bond motifs is 4. The fraction of sp³-hybridized carbons (Fsp3) is 0.222. The molecule has 0 fully saturated rings. The van der Waals surface area contributed by atoms with E-state index in [0.29, 0.717) is 11.8 Å². The lowest BCUT2D eigenvalue weighted by Crippen LogP contribution is -2.31. The van der Waals surface area contributed by atoms with Gasteiger partial charge in [-0.25, -0.2) is 0 Å². The van der Waals surface area contributed by atoms with Crippen LogP contribution in [0.15, 0.2) is 102 Å². The maximum absolute atomic E-state index is 6.05. The van der Waals surface area contributed by atoms with Crippen LogP contribution in [0.4, 0.5) is 0 Å². The maximum atomic E-state index is 6.05. The van der Waals surface area contributed by atoms with Gasteiger partial charge in [0.1, 0.15) is 5.75 Å². The number of benzene rings is 3. The second-order valence-corrected chi connectivity index (χ2v) is 10.6. The molecular formula is C36H32O. The monoisotopic (exact) mass is 480 g/mol. The zero-order valence-corrected chi connectivity index (χ0v) is 21.4. The Morgan fingerprint density at radius 1 is 0.622 bits per heavy atom. The van der Waals surface area contributed by atoms with Gasteiger partial charge in [-0.2, -0.15) is 0 Å². The summed E-state index contributed by atoms with van der Waals surface area (Å²) in [6.45, 7) is 3.04. The van der Waals surface area contributed by atoms with Gasteiger partial charge in [-0.15, -0.1) is 0 Å². The Labute approximate surface area is 220 Å². The van der Waals surface area contributed by atoms with E-state index in [2.05, 4.69) is 110 Å². The highest BCUT2D eigenvalue weighted by atomic mass is 16.5. The van der Waals surface area contributed by atoms with E-state index in [0.717, 1.165) is 18.8 Å². The fourth-order valence-corrected chi connectivity index (χ4v) is 6.60. The zero-order valence-electron chi connectivity index (χ0n) is 21.4. The Balaban J connectivity index is 1.32. The highest BCUT2D eigenvalue weighted by molar-refractivity contribution is 6.03. The van der Waals surface area contributed by atoms with Gasteiger partial charge in [-0.1, -0.05) is 111 Å². The van der Waals surface area contributed by atoms with Gasteiger partial charge >= 0.3 is 0 Å². The first kappa shape index (κ1) is 22.4. The van der Waals surface area contributed by atoms with E-state index in [1.54, 1.807) is 0 Å². The average molecular weight is 481 g/mol. The van der Waals surface area contributed by atoms with Gasteiger partial charge < -0.3 is 4.74 Å². The molecule has 0 bridgehead atoms. The van der Waals surface area contributed by atoms with Crippen molar-refractivity contribution in [2.24, 2.45) is 11.8 Å². The first-order valence-electron chi connectivity index (χ1n) is 13.8. The Hall–Kier alpha value is -3.84. The van der Waals surface area contributed by atoms with Gasteiger partial charge in [0.15, 0.2) is 0 Å². The van der Waals surface area contributed by atoms with Crippen molar-refractivity contribution < 1.29 is 4.74 Å². The van der Waals surface area contributed by atoms with Crippen LogP contribution in [0.3, 0.4) is 0 Å². The SMILES string of the molecule is CCCCCCOc1ccc(C2=CC3=Cc4ccccc4C4=CC=C5c6ccccc6C=C2C5C34)cc1. The second-order valence-electron chi connectivity index (χ2n) is 10.6. The lowest BCUT2D eigenvalue weighted by atomic mass is 9.58. The maximum Gasteiger partial charge on any atom is 0.119 e. The summed E-state index contributed by atoms with van der Waals surface area (Å²) < 4.78 is 6.05. The van der Waals surface area contributed by atoms with Crippen molar-refractivity contribution in [2.75, 3.05) is 6.61 Å². The standard InChI is InChI=1S/C36H32O/c1-2-3-4-9-20-37-28-16-14-24(15-17-28)33-23-27-21-25-10-5-7-12-29(25)31-18-19-32-30-13-8-6-11-26(30)22-34(33)36(32)35(27)31/h5-8,10-19,21-23,35-36H,2-4,9,20H2,1H3. The van der Waals surface area contributed by atoms with E-state index in [-0.39, 0.29) is 0 Å². The molecule has 0 heterocycles. The number of hydrogen-bond acceptors (Lipinski definition) is 1. The predicted molar refractivity (Wildman–Crippen MR) is 156 cm³/mol. The number of rotatable bonds is 7. The second kappa shape index (κ2) is 9.23. The third kappa shape index (κ3) is 3.76. The van der Waals surface area contributed by atoms with E-state index >= 15 is 0 Å². The van der Waals surface area contributed by atoms with E-state index in [4.69, 9.17) is 4.74 Å². The van der Waals surface area contributed by atoms with Gasteiger partial charge in [0.25, 0.3) is 0 Å². The highest BCUT2D eigenvalue weighted by Crippen LogP contribution is 2.59. The molecule has 0 amide bonds. The lowest BCUT2D eigenvalue weighted by molar-refractivity contribution is 0.305. The zero-order chi connectivity index (χ0) is 24.8. The Morgan fingerprint density at radius 3 is 2.03 bits per heavy atom. The van der Waals surface area contributed by atoms with Crippen molar-refractivity contribution in [3.05, 3.63) is 130 Å². The molecule has 2 atom stereocenters. The molecule has 182 valence electrons. The van der Waals surface area contributed by atoms with Crippen LogP contribution in [-0.4, -0.2) is 6.61 Å². The summed E-state index contributed by atoms with van der Waals surface area (Å²) in [6, 6.07) is 26.5. The molecule has 3 aromatic rings. The molecule has 0 saturated carbocycles. The minimum atomic E-state index is 0.337. The Kier molecular flexibility index (Phi) is 5.58. The number of hydrogen-bond donors (Lipinski definition) is 0. The number of unbranched alkanes of at least 4 members (excludes halogenated alkanes) is 3. The predicted octanol–water partition coefficient (Wildman–Crippen LogP) is 9.25. The normalized spacial score (nSPS) is 20.3. The van der Waals surface area contributed by atoms with Crippen molar-refractivity contribution in [3.63, 3.8) is 0 Å². The van der Waals surface area contributed by atoms with Crippen LogP contribution in [0.2, 0.25) is 0 Å². The van der Waals surface area contributed by atoms with Gasteiger partial charge in [0.05, 0.1) is 6.61 Å². The summed E-state index contributed by atoms with van der Waals surface area (Å²) in [5.74, 6) is 1.67. The van der Waals surface area contributed by atoms with Crippen molar-refractivity contribution in [1.29, 1.82) is 0 Å². The topological polar surface area (TPSA) is 9.23 Å². The molecule has 0 aliphatic heterocycles. The molecule has 2 unspecified atom stereocenters. The number of allylic oxidation sites excluding steroid dienone is 8. The average Bonchev–Trinajstić information content (AvgIpc) is 2.95. The third-order valence-electron chi connectivity index (χ3n) is 8.37. The molecule has 1 nitrogen and oxygen atoms in total. The van der Waals surface area contributed by atoms with Crippen LogP contribution in [0.1, 0.15) is 60.4 Å². The molecule has 4 aliphatic rings. The Bertz CT molecular complexity index is 1520. The third-order valence-corrected chi connectivity index (χ3v) is 8.37. The van der Waals surface area contributed by atoms with Crippen molar-refractivity contribution in [2.45, 2.75) is 32.6 Å². The van der Waals surface area contributed by atoms with E-state index in [9.17, 15) is 0 Å². The molecule has 37 heavy (non-hydrogen) atoms. The van der Waals surface area contributed by atoms with Gasteiger partial charge in [0, 0.05) is 11.8 Å². The van der Waals surface area contributed by atoms with E-state index in [1.165, 1.54) is 74.9 Å². The van der Waals surface area contributed by atoms with E-state index in [1.807, 2.05) is 0 Å². The minimum Gasteiger partial charge on any atom is -0.494 e. The molecule has 0 spiro atoms. The first-order valence-corrected chi connectivity index (χ1v) is 13.8. The van der Waals surface area contributed by atoms with Crippen LogP contribution in [0.5, 0.6) is 5.75 Å². The van der Waals surface area contributed by atoms with Crippen LogP contribution in [0.25, 0.3) is 28.9 Å². The molecule has 0 aromatic heterocycles. The molecule has 7 rings (SSSR count). The van der Waals surface area contributed by atoms with E-state index < -0.39 is 0 Å². The smallest absolute Gasteiger partial charge is 0.119 e. The van der Waals surface area contributed by atoms with Crippen molar-refractivity contribution in [1.82, 2.24) is 0 Å². The Morgan fingerprint density at radius 2 is 1.30 bits per heavy atom. The summed E-state index contributed by atoms with van der Waals surface area (Å²) >= 11 is 0. The minimum absolute atomic E-state index is 0.337. The first-order chi connectivity index (χ1) is 18.3. The molecule has 4 aliphatic carbocycles. The summed E-state index contributed by atoms with van der Waals surface area (Å²) in [5, 5.41) is 0. The lowest BCUT2D eigenvalue weighted by Gasteiger charge is -2.45. The summed E-state index contributed by atoms with van der Waals surface area (Å²) in [7, 11) is 0. The van der Waals surface area contributed by atoms with Crippen LogP contribution in [0, 0.1) is 11.8 Å². The highest BCUT2D eigenvalue weighted by Gasteiger charge is 2.43. The molecule has 0 saturated heterocycles. The van der Waals surface area contributed by atoms with Gasteiger partial charge in [0.2, 0.25) is 0 Å². The number of ether oxygens (including phenoxy) is 1. The molecule has 3 aromatic carbocycles. The van der Waals surface area contributed by atoms with Crippen molar-refractivity contribution in [3.8, 4) is 5.75 Å². The van der Waals surface area contributed by atoms with Gasteiger partial charge in [-0.3, -0.25) is 0 Å². The quantitative estimate of drug-likeness (QED) is 0.306. The fourth-order valence-electron chi connectivity index (χ4n) is 6.60. The summed E-state index contributed by atoms with van der Waals surface area (Å²) in [4.78, 5) is 0. The molecule has 0 radical (unpaired) electrons. The molecule has 0 N–H and O–H groups in total. The van der Waals surface area contributed by atoms with Crippen LogP contribution >= 0.6 is 0 Å². The molecule has 1 heteroatoms. The largest absolute Gasteiger partial charge is 0.494 e. The summed E-state index contributed by atoms with van der Waals surface area (Å²) in [6.07, 6.45) is 17.0. The van der Waals surface area contributed by atoms with Crippen LogP contribution < -0.4 is 4.74 Å². The summed E-state index contributed by atoms with van der Waals surface area (Å²) in [5.41, 5.74) is 13.7. The molecular weight excluding hydrogens is 448 g/mol.